The summed E-state index contributed by atoms with van der Waals surface area (Å²) >= 11 is 0. The number of anilines is 1. The van der Waals surface area contributed by atoms with Gasteiger partial charge < -0.3 is 5.73 Å². The fourth-order valence-electron chi connectivity index (χ4n) is 1.68. The van der Waals surface area contributed by atoms with Gasteiger partial charge in [0.1, 0.15) is 0 Å². The zero-order valence-corrected chi connectivity index (χ0v) is 11.5. The number of nitrogen functional groups attached to an aromatic ring is 1. The second-order valence-electron chi connectivity index (χ2n) is 4.45. The number of nitriles is 1. The molecule has 0 bridgehead atoms. The Hall–Kier alpha value is -3.13. The molecule has 0 aliphatic rings. The van der Waals surface area contributed by atoms with E-state index < -0.39 is 0 Å². The van der Waals surface area contributed by atoms with Gasteiger partial charge in [-0.2, -0.15) is 10.4 Å². The first kappa shape index (κ1) is 14.3. The normalized spacial score (nSPS) is 10.8. The largest absolute Gasteiger partial charge is 0.399 e. The van der Waals surface area contributed by atoms with E-state index in [4.69, 9.17) is 11.0 Å². The molecule has 1 amide bonds. The Bertz CT molecular complexity index is 709. The molecule has 0 spiro atoms. The van der Waals surface area contributed by atoms with Crippen molar-refractivity contribution in [2.75, 3.05) is 5.73 Å². The quantitative estimate of drug-likeness (QED) is 0.512. The minimum atomic E-state index is -0.303. The van der Waals surface area contributed by atoms with Crippen LogP contribution in [-0.4, -0.2) is 11.6 Å². The van der Waals surface area contributed by atoms with Crippen LogP contribution in [0.5, 0.6) is 0 Å². The fraction of sp³-hybridized carbons (Fsp3) is 0.0625. The molecule has 3 N–H and O–H groups in total. The lowest BCUT2D eigenvalue weighted by molar-refractivity contribution is 0.0955. The first-order valence-electron chi connectivity index (χ1n) is 6.31. The smallest absolute Gasteiger partial charge is 0.271 e. The molecule has 21 heavy (non-hydrogen) atoms. The van der Waals surface area contributed by atoms with Gasteiger partial charge in [0, 0.05) is 11.3 Å². The number of hydrogen-bond acceptors (Lipinski definition) is 4. The second kappa shape index (κ2) is 6.35. The molecular weight excluding hydrogens is 264 g/mol. The van der Waals surface area contributed by atoms with Gasteiger partial charge in [-0.3, -0.25) is 4.79 Å². The van der Waals surface area contributed by atoms with Crippen LogP contribution in [-0.2, 0) is 0 Å². The van der Waals surface area contributed by atoms with E-state index >= 15 is 0 Å². The number of hydrazone groups is 1. The van der Waals surface area contributed by atoms with Gasteiger partial charge in [0.2, 0.25) is 0 Å². The van der Waals surface area contributed by atoms with Crippen molar-refractivity contribution >= 4 is 17.3 Å². The second-order valence-corrected chi connectivity index (χ2v) is 4.45. The molecule has 0 atom stereocenters. The number of benzene rings is 2. The third kappa shape index (κ3) is 3.67. The summed E-state index contributed by atoms with van der Waals surface area (Å²) in [4.78, 5) is 11.9. The highest BCUT2D eigenvalue weighted by Gasteiger charge is 2.04. The van der Waals surface area contributed by atoms with Crippen LogP contribution in [0.1, 0.15) is 28.4 Å². The molecule has 2 aromatic rings. The zero-order chi connectivity index (χ0) is 15.2. The Labute approximate surface area is 122 Å². The third-order valence-electron chi connectivity index (χ3n) is 2.93. The lowest BCUT2D eigenvalue weighted by atomic mass is 10.1. The van der Waals surface area contributed by atoms with Gasteiger partial charge in [-0.15, -0.1) is 0 Å². The molecule has 5 nitrogen and oxygen atoms in total. The molecule has 5 heteroatoms. The van der Waals surface area contributed by atoms with Crippen molar-refractivity contribution in [2.24, 2.45) is 5.10 Å². The monoisotopic (exact) mass is 278 g/mol. The van der Waals surface area contributed by atoms with Crippen LogP contribution >= 0.6 is 0 Å². The van der Waals surface area contributed by atoms with Crippen LogP contribution in [0.15, 0.2) is 53.6 Å². The first-order valence-corrected chi connectivity index (χ1v) is 6.31. The number of carbonyl (C=O) groups excluding carboxylic acids is 1. The van der Waals surface area contributed by atoms with Gasteiger partial charge in [-0.25, -0.2) is 5.43 Å². The molecule has 2 rings (SSSR count). The minimum absolute atomic E-state index is 0.303. The summed E-state index contributed by atoms with van der Waals surface area (Å²) in [5.74, 6) is -0.303. The van der Waals surface area contributed by atoms with E-state index in [1.54, 1.807) is 55.5 Å². The molecule has 0 heterocycles. The Balaban J connectivity index is 2.07. The SMILES string of the molecule is C/C(=N\NC(=O)c1ccc(N)cc1)c1ccc(C#N)cc1. The Morgan fingerprint density at radius 3 is 2.24 bits per heavy atom. The predicted molar refractivity (Wildman–Crippen MR) is 81.7 cm³/mol. The highest BCUT2D eigenvalue weighted by atomic mass is 16.2. The van der Waals surface area contributed by atoms with Crippen molar-refractivity contribution in [2.45, 2.75) is 6.92 Å². The summed E-state index contributed by atoms with van der Waals surface area (Å²) in [5, 5.41) is 12.8. The van der Waals surface area contributed by atoms with Crippen LogP contribution in [0, 0.1) is 11.3 Å². The summed E-state index contributed by atoms with van der Waals surface area (Å²) in [6, 6.07) is 15.6. The molecule has 0 aliphatic heterocycles. The van der Waals surface area contributed by atoms with Crippen LogP contribution in [0.25, 0.3) is 0 Å². The average Bonchev–Trinajstić information content (AvgIpc) is 2.53. The third-order valence-corrected chi connectivity index (χ3v) is 2.93. The molecule has 0 aromatic heterocycles. The number of hydrogen-bond donors (Lipinski definition) is 2. The topological polar surface area (TPSA) is 91.3 Å². The molecule has 0 saturated heterocycles. The average molecular weight is 278 g/mol. The maximum atomic E-state index is 11.9. The van der Waals surface area contributed by atoms with Gasteiger partial charge in [0.05, 0.1) is 17.3 Å². The molecular formula is C16H14N4O. The number of nitrogens with two attached hydrogens (primary N) is 1. The summed E-state index contributed by atoms with van der Waals surface area (Å²) < 4.78 is 0. The lowest BCUT2D eigenvalue weighted by Gasteiger charge is -2.03. The summed E-state index contributed by atoms with van der Waals surface area (Å²) in [7, 11) is 0. The minimum Gasteiger partial charge on any atom is -0.399 e. The van der Waals surface area contributed by atoms with Crippen molar-refractivity contribution in [3.63, 3.8) is 0 Å². The molecule has 0 saturated carbocycles. The lowest BCUT2D eigenvalue weighted by Crippen LogP contribution is -2.19. The molecule has 2 aromatic carbocycles. The standard InChI is InChI=1S/C16H14N4O/c1-11(13-4-2-12(10-17)3-5-13)19-20-16(21)14-6-8-15(18)9-7-14/h2-9H,18H2,1H3,(H,20,21)/b19-11+. The number of carbonyl (C=O) groups is 1. The Morgan fingerprint density at radius 1 is 1.10 bits per heavy atom. The van der Waals surface area contributed by atoms with Gasteiger partial charge in [-0.05, 0) is 48.9 Å². The summed E-state index contributed by atoms with van der Waals surface area (Å²) in [5.41, 5.74) is 11.2. The van der Waals surface area contributed by atoms with Gasteiger partial charge in [0.15, 0.2) is 0 Å². The predicted octanol–water partition coefficient (Wildman–Crippen LogP) is 2.29. The fourth-order valence-corrected chi connectivity index (χ4v) is 1.68. The highest BCUT2D eigenvalue weighted by Crippen LogP contribution is 2.06. The van der Waals surface area contributed by atoms with Crippen molar-refractivity contribution in [3.05, 3.63) is 65.2 Å². The number of amides is 1. The van der Waals surface area contributed by atoms with E-state index in [2.05, 4.69) is 10.5 Å². The molecule has 0 unspecified atom stereocenters. The van der Waals surface area contributed by atoms with E-state index in [0.717, 1.165) is 5.56 Å². The van der Waals surface area contributed by atoms with Crippen LogP contribution in [0.3, 0.4) is 0 Å². The first-order chi connectivity index (χ1) is 10.1. The Kier molecular flexibility index (Phi) is 4.32. The van der Waals surface area contributed by atoms with E-state index in [0.29, 0.717) is 22.5 Å². The molecule has 0 radical (unpaired) electrons. The zero-order valence-electron chi connectivity index (χ0n) is 11.5. The van der Waals surface area contributed by atoms with Crippen molar-refractivity contribution in [3.8, 4) is 6.07 Å². The van der Waals surface area contributed by atoms with Gasteiger partial charge in [-0.1, -0.05) is 12.1 Å². The summed E-state index contributed by atoms with van der Waals surface area (Å²) in [6.07, 6.45) is 0. The number of nitrogens with one attached hydrogen (secondary N) is 1. The number of nitrogens with zero attached hydrogens (tertiary/aromatic N) is 2. The maximum Gasteiger partial charge on any atom is 0.271 e. The van der Waals surface area contributed by atoms with Crippen molar-refractivity contribution in [1.29, 1.82) is 5.26 Å². The van der Waals surface area contributed by atoms with Crippen LogP contribution < -0.4 is 11.2 Å². The van der Waals surface area contributed by atoms with E-state index in [-0.39, 0.29) is 5.91 Å². The van der Waals surface area contributed by atoms with Crippen LogP contribution in [0.2, 0.25) is 0 Å². The van der Waals surface area contributed by atoms with E-state index in [1.165, 1.54) is 0 Å². The summed E-state index contributed by atoms with van der Waals surface area (Å²) in [6.45, 7) is 1.78. The molecule has 104 valence electrons. The van der Waals surface area contributed by atoms with Crippen LogP contribution in [0.4, 0.5) is 5.69 Å². The van der Waals surface area contributed by atoms with Crippen molar-refractivity contribution in [1.82, 2.24) is 5.43 Å². The molecule has 0 fully saturated rings. The maximum absolute atomic E-state index is 11.9. The highest BCUT2D eigenvalue weighted by molar-refractivity contribution is 6.00. The number of rotatable bonds is 3. The van der Waals surface area contributed by atoms with E-state index in [9.17, 15) is 4.79 Å². The Morgan fingerprint density at radius 2 is 1.67 bits per heavy atom. The van der Waals surface area contributed by atoms with E-state index in [1.807, 2.05) is 6.07 Å². The molecule has 0 aliphatic carbocycles. The van der Waals surface area contributed by atoms with Crippen molar-refractivity contribution < 1.29 is 4.79 Å². The van der Waals surface area contributed by atoms with Gasteiger partial charge in [0.25, 0.3) is 5.91 Å². The van der Waals surface area contributed by atoms with Gasteiger partial charge >= 0.3 is 0 Å².